The van der Waals surface area contributed by atoms with Crippen LogP contribution in [-0.4, -0.2) is 21.8 Å². The zero-order chi connectivity index (χ0) is 8.86. The molecule has 3 heteroatoms. The molecule has 0 amide bonds. The van der Waals surface area contributed by atoms with Gasteiger partial charge in [0.1, 0.15) is 0 Å². The molecule has 0 aliphatic carbocycles. The quantitative estimate of drug-likeness (QED) is 0.632. The first-order valence-corrected chi connectivity index (χ1v) is 7.34. The van der Waals surface area contributed by atoms with Gasteiger partial charge in [-0.05, 0) is 25.9 Å². The highest BCUT2D eigenvalue weighted by Crippen LogP contribution is 2.30. The van der Waals surface area contributed by atoms with Crippen LogP contribution in [0.1, 0.15) is 33.1 Å². The second-order valence-electron chi connectivity index (χ2n) is 3.34. The van der Waals surface area contributed by atoms with Gasteiger partial charge in [-0.3, -0.25) is 0 Å². The normalized spacial score (nSPS) is 22.5. The van der Waals surface area contributed by atoms with E-state index < -0.39 is 8.56 Å². The van der Waals surface area contributed by atoms with Gasteiger partial charge < -0.3 is 8.85 Å². The molecule has 0 atom stereocenters. The lowest BCUT2D eigenvalue weighted by Gasteiger charge is -2.33. The van der Waals surface area contributed by atoms with Gasteiger partial charge in [0.25, 0.3) is 0 Å². The minimum atomic E-state index is -1.68. The number of hydrogen-bond acceptors (Lipinski definition) is 2. The molecule has 12 heavy (non-hydrogen) atoms. The second-order valence-corrected chi connectivity index (χ2v) is 6.74. The standard InChI is InChI=1S/C9H20O2Si/c1-3-10-12(11-4-2)8-6-5-7-9-12/h3-9H2,1-2H3. The van der Waals surface area contributed by atoms with Gasteiger partial charge in [-0.25, -0.2) is 0 Å². The molecule has 0 saturated carbocycles. The first-order chi connectivity index (χ1) is 5.83. The first-order valence-electron chi connectivity index (χ1n) is 5.11. The summed E-state index contributed by atoms with van der Waals surface area (Å²) < 4.78 is 11.7. The molecule has 0 aromatic carbocycles. The maximum absolute atomic E-state index is 5.83. The summed E-state index contributed by atoms with van der Waals surface area (Å²) in [5.41, 5.74) is 0. The van der Waals surface area contributed by atoms with Crippen LogP contribution in [0.15, 0.2) is 0 Å². The molecule has 1 aliphatic rings. The third-order valence-corrected chi connectivity index (χ3v) is 6.29. The Kier molecular flexibility index (Phi) is 4.25. The van der Waals surface area contributed by atoms with Crippen molar-refractivity contribution in [2.75, 3.05) is 13.2 Å². The Morgan fingerprint density at radius 2 is 1.42 bits per heavy atom. The van der Waals surface area contributed by atoms with E-state index in [1.54, 1.807) is 0 Å². The molecule has 1 saturated heterocycles. The molecule has 1 fully saturated rings. The molecule has 0 bridgehead atoms. The minimum Gasteiger partial charge on any atom is -0.394 e. The Morgan fingerprint density at radius 1 is 0.917 bits per heavy atom. The van der Waals surface area contributed by atoms with Gasteiger partial charge >= 0.3 is 8.56 Å². The van der Waals surface area contributed by atoms with Gasteiger partial charge in [0.05, 0.1) is 0 Å². The number of hydrogen-bond donors (Lipinski definition) is 0. The SMILES string of the molecule is CCO[Si]1(OCC)CCCCC1. The highest BCUT2D eigenvalue weighted by atomic mass is 28.4. The third kappa shape index (κ3) is 2.57. The van der Waals surface area contributed by atoms with Gasteiger partial charge in [0, 0.05) is 13.2 Å². The van der Waals surface area contributed by atoms with E-state index in [0.717, 1.165) is 13.2 Å². The van der Waals surface area contributed by atoms with Crippen LogP contribution in [0.4, 0.5) is 0 Å². The summed E-state index contributed by atoms with van der Waals surface area (Å²) >= 11 is 0. The molecule has 72 valence electrons. The van der Waals surface area contributed by atoms with Crippen LogP contribution in [0.3, 0.4) is 0 Å². The van der Waals surface area contributed by atoms with Gasteiger partial charge in [0.2, 0.25) is 0 Å². The fourth-order valence-corrected chi connectivity index (χ4v) is 5.49. The van der Waals surface area contributed by atoms with Crippen LogP contribution in [0.25, 0.3) is 0 Å². The van der Waals surface area contributed by atoms with Crippen LogP contribution >= 0.6 is 0 Å². The van der Waals surface area contributed by atoms with Crippen molar-refractivity contribution in [3.8, 4) is 0 Å². The Bertz CT molecular complexity index is 106. The molecule has 0 unspecified atom stereocenters. The van der Waals surface area contributed by atoms with Crippen LogP contribution in [0.2, 0.25) is 12.1 Å². The molecule has 1 rings (SSSR count). The highest BCUT2D eigenvalue weighted by molar-refractivity contribution is 6.67. The first kappa shape index (κ1) is 10.2. The smallest absolute Gasteiger partial charge is 0.338 e. The predicted molar refractivity (Wildman–Crippen MR) is 52.5 cm³/mol. The summed E-state index contributed by atoms with van der Waals surface area (Å²) in [6.45, 7) is 5.79. The van der Waals surface area contributed by atoms with E-state index >= 15 is 0 Å². The molecule has 0 aromatic rings. The molecule has 1 aliphatic heterocycles. The molecule has 0 radical (unpaired) electrons. The van der Waals surface area contributed by atoms with Crippen LogP contribution in [0.5, 0.6) is 0 Å². The molecule has 1 heterocycles. The molecule has 0 N–H and O–H groups in total. The summed E-state index contributed by atoms with van der Waals surface area (Å²) in [5, 5.41) is 0. The number of rotatable bonds is 4. The van der Waals surface area contributed by atoms with Crippen molar-refractivity contribution >= 4 is 8.56 Å². The minimum absolute atomic E-state index is 0.826. The van der Waals surface area contributed by atoms with E-state index in [1.807, 2.05) is 0 Å². The topological polar surface area (TPSA) is 18.5 Å². The monoisotopic (exact) mass is 188 g/mol. The van der Waals surface area contributed by atoms with Gasteiger partial charge in [-0.1, -0.05) is 19.3 Å². The van der Waals surface area contributed by atoms with E-state index in [-0.39, 0.29) is 0 Å². The summed E-state index contributed by atoms with van der Waals surface area (Å²) in [4.78, 5) is 0. The fraction of sp³-hybridized carbons (Fsp3) is 1.00. The fourth-order valence-electron chi connectivity index (χ4n) is 1.95. The van der Waals surface area contributed by atoms with Crippen LogP contribution in [0, 0.1) is 0 Å². The molecular weight excluding hydrogens is 168 g/mol. The summed E-state index contributed by atoms with van der Waals surface area (Å²) in [5.74, 6) is 0. The lowest BCUT2D eigenvalue weighted by molar-refractivity contribution is 0.176. The van der Waals surface area contributed by atoms with E-state index in [4.69, 9.17) is 8.85 Å². The predicted octanol–water partition coefficient (Wildman–Crippen LogP) is 2.69. The van der Waals surface area contributed by atoms with E-state index in [9.17, 15) is 0 Å². The Hall–Kier alpha value is 0.137. The van der Waals surface area contributed by atoms with Crippen molar-refractivity contribution in [3.63, 3.8) is 0 Å². The van der Waals surface area contributed by atoms with Crippen molar-refractivity contribution in [2.24, 2.45) is 0 Å². The average Bonchev–Trinajstić information content (AvgIpc) is 2.07. The molecule has 0 aromatic heterocycles. The lowest BCUT2D eigenvalue weighted by Crippen LogP contribution is -2.43. The highest BCUT2D eigenvalue weighted by Gasteiger charge is 2.38. The van der Waals surface area contributed by atoms with Gasteiger partial charge in [-0.15, -0.1) is 0 Å². The maximum Gasteiger partial charge on any atom is 0.338 e. The van der Waals surface area contributed by atoms with E-state index in [0.29, 0.717) is 0 Å². The summed E-state index contributed by atoms with van der Waals surface area (Å²) in [6.07, 6.45) is 3.99. The second kappa shape index (κ2) is 4.99. The third-order valence-electron chi connectivity index (χ3n) is 2.43. The van der Waals surface area contributed by atoms with Crippen molar-refractivity contribution in [2.45, 2.75) is 45.2 Å². The van der Waals surface area contributed by atoms with Crippen molar-refractivity contribution in [1.82, 2.24) is 0 Å². The Labute approximate surface area is 76.5 Å². The van der Waals surface area contributed by atoms with Crippen molar-refractivity contribution in [3.05, 3.63) is 0 Å². The van der Waals surface area contributed by atoms with Crippen molar-refractivity contribution in [1.29, 1.82) is 0 Å². The van der Waals surface area contributed by atoms with Crippen LogP contribution < -0.4 is 0 Å². The molecule has 2 nitrogen and oxygen atoms in total. The van der Waals surface area contributed by atoms with E-state index in [1.165, 1.54) is 31.4 Å². The lowest BCUT2D eigenvalue weighted by atomic mass is 10.3. The molecule has 0 spiro atoms. The summed E-state index contributed by atoms with van der Waals surface area (Å²) in [7, 11) is -1.68. The maximum atomic E-state index is 5.83. The van der Waals surface area contributed by atoms with Gasteiger partial charge in [-0.2, -0.15) is 0 Å². The molecular formula is C9H20O2Si. The Morgan fingerprint density at radius 3 is 1.83 bits per heavy atom. The van der Waals surface area contributed by atoms with Crippen LogP contribution in [-0.2, 0) is 8.85 Å². The Balaban J connectivity index is 2.44. The zero-order valence-corrected chi connectivity index (χ0v) is 9.27. The van der Waals surface area contributed by atoms with Crippen molar-refractivity contribution < 1.29 is 8.85 Å². The largest absolute Gasteiger partial charge is 0.394 e. The average molecular weight is 188 g/mol. The summed E-state index contributed by atoms with van der Waals surface area (Å²) in [6, 6.07) is 2.43. The zero-order valence-electron chi connectivity index (χ0n) is 8.27. The van der Waals surface area contributed by atoms with Gasteiger partial charge in [0.15, 0.2) is 0 Å². The van der Waals surface area contributed by atoms with E-state index in [2.05, 4.69) is 13.8 Å².